The molecule has 2 heterocycles. The third-order valence-corrected chi connectivity index (χ3v) is 5.76. The van der Waals surface area contributed by atoms with E-state index in [0.717, 1.165) is 25.9 Å². The fourth-order valence-corrected chi connectivity index (χ4v) is 3.93. The van der Waals surface area contributed by atoms with Crippen molar-refractivity contribution in [1.82, 2.24) is 15.6 Å². The molecule has 1 fully saturated rings. The maximum atomic E-state index is 12.4. The van der Waals surface area contributed by atoms with Crippen LogP contribution in [-0.2, 0) is 10.0 Å². The van der Waals surface area contributed by atoms with E-state index in [9.17, 15) is 13.2 Å². The summed E-state index contributed by atoms with van der Waals surface area (Å²) < 4.78 is 27.2. The normalized spacial score (nSPS) is 15.8. The van der Waals surface area contributed by atoms with Gasteiger partial charge in [0.2, 0.25) is 0 Å². The summed E-state index contributed by atoms with van der Waals surface area (Å²) in [5, 5.41) is 6.19. The summed E-state index contributed by atoms with van der Waals surface area (Å²) in [6.07, 6.45) is 5.10. The number of sulfonamides is 1. The number of amides is 1. The number of nitrogens with zero attached hydrogens (tertiary/aromatic N) is 1. The quantitative estimate of drug-likeness (QED) is 0.606. The van der Waals surface area contributed by atoms with Crippen molar-refractivity contribution in [3.63, 3.8) is 0 Å². The minimum absolute atomic E-state index is 0. The first-order valence-corrected chi connectivity index (χ1v) is 10.0. The molecule has 3 rings (SSSR count). The van der Waals surface area contributed by atoms with Crippen molar-refractivity contribution in [3.05, 3.63) is 54.4 Å². The lowest BCUT2D eigenvalue weighted by molar-refractivity contribution is 0.0951. The van der Waals surface area contributed by atoms with Gasteiger partial charge in [-0.3, -0.25) is 14.5 Å². The van der Waals surface area contributed by atoms with Gasteiger partial charge in [-0.2, -0.15) is 0 Å². The largest absolute Gasteiger partial charge is 0.352 e. The summed E-state index contributed by atoms with van der Waals surface area (Å²) in [5.74, 6) is 0.420. The Morgan fingerprint density at radius 1 is 1.11 bits per heavy atom. The second-order valence-electron chi connectivity index (χ2n) is 6.27. The van der Waals surface area contributed by atoms with Crippen LogP contribution in [0.4, 0.5) is 5.69 Å². The van der Waals surface area contributed by atoms with E-state index in [1.807, 2.05) is 0 Å². The lowest BCUT2D eigenvalue weighted by Gasteiger charge is -2.10. The van der Waals surface area contributed by atoms with E-state index in [2.05, 4.69) is 20.3 Å². The van der Waals surface area contributed by atoms with Gasteiger partial charge in [0, 0.05) is 24.5 Å². The lowest BCUT2D eigenvalue weighted by Crippen LogP contribution is -2.26. The molecule has 1 aliphatic rings. The lowest BCUT2D eigenvalue weighted by atomic mass is 10.1. The molecule has 1 atom stereocenters. The molecule has 0 bridgehead atoms. The number of carbonyl (C=O) groups excluding carboxylic acids is 1. The Morgan fingerprint density at radius 2 is 1.79 bits per heavy atom. The number of nitrogens with one attached hydrogen (secondary N) is 3. The molecule has 3 N–H and O–H groups in total. The Balaban J connectivity index is 0.00000196. The van der Waals surface area contributed by atoms with Crippen molar-refractivity contribution in [2.45, 2.75) is 17.7 Å². The molecule has 1 aromatic heterocycles. The van der Waals surface area contributed by atoms with Crippen molar-refractivity contribution in [1.29, 1.82) is 0 Å². The van der Waals surface area contributed by atoms with Gasteiger partial charge in [-0.05, 0) is 68.2 Å². The van der Waals surface area contributed by atoms with Crippen LogP contribution in [0.15, 0.2) is 53.7 Å². The maximum absolute atomic E-state index is 12.4. The van der Waals surface area contributed by atoms with Crippen LogP contribution in [0.25, 0.3) is 0 Å². The van der Waals surface area contributed by atoms with Crippen molar-refractivity contribution < 1.29 is 13.2 Å². The second kappa shape index (κ2) is 11.2. The van der Waals surface area contributed by atoms with Crippen LogP contribution in [0.5, 0.6) is 0 Å². The van der Waals surface area contributed by atoms with Crippen LogP contribution >= 0.6 is 24.8 Å². The molecule has 2 aromatic rings. The number of pyridine rings is 1. The van der Waals surface area contributed by atoms with Gasteiger partial charge in [-0.1, -0.05) is 0 Å². The van der Waals surface area contributed by atoms with E-state index in [0.29, 0.717) is 23.7 Å². The summed E-state index contributed by atoms with van der Waals surface area (Å²) >= 11 is 0. The molecule has 1 saturated heterocycles. The maximum Gasteiger partial charge on any atom is 0.261 e. The summed E-state index contributed by atoms with van der Waals surface area (Å²) in [4.78, 5) is 16.1. The minimum Gasteiger partial charge on any atom is -0.352 e. The number of hydrogen-bond acceptors (Lipinski definition) is 5. The third-order valence-electron chi connectivity index (χ3n) is 4.36. The Hall–Kier alpha value is -1.87. The highest BCUT2D eigenvalue weighted by atomic mass is 35.5. The number of rotatable bonds is 7. The minimum atomic E-state index is -3.70. The predicted molar refractivity (Wildman–Crippen MR) is 114 cm³/mol. The molecule has 1 amide bonds. The molecule has 0 saturated carbocycles. The summed E-state index contributed by atoms with van der Waals surface area (Å²) in [7, 11) is -3.70. The Bertz CT molecular complexity index is 843. The number of aromatic nitrogens is 1. The third kappa shape index (κ3) is 6.63. The average Bonchev–Trinajstić information content (AvgIpc) is 3.16. The van der Waals surface area contributed by atoms with E-state index < -0.39 is 10.0 Å². The molecule has 1 aliphatic heterocycles. The number of carbonyl (C=O) groups is 1. The molecule has 0 radical (unpaired) electrons. The van der Waals surface area contributed by atoms with Crippen molar-refractivity contribution in [2.24, 2.45) is 5.92 Å². The van der Waals surface area contributed by atoms with Gasteiger partial charge in [0.1, 0.15) is 0 Å². The topological polar surface area (TPSA) is 100 Å². The predicted octanol–water partition coefficient (Wildman–Crippen LogP) is 2.46. The number of benzene rings is 1. The van der Waals surface area contributed by atoms with Crippen molar-refractivity contribution in [3.8, 4) is 0 Å². The first-order chi connectivity index (χ1) is 12.5. The van der Waals surface area contributed by atoms with Gasteiger partial charge < -0.3 is 10.6 Å². The van der Waals surface area contributed by atoms with Crippen LogP contribution in [0.2, 0.25) is 0 Å². The van der Waals surface area contributed by atoms with Crippen LogP contribution in [-0.4, -0.2) is 38.9 Å². The number of anilines is 1. The Morgan fingerprint density at radius 3 is 2.39 bits per heavy atom. The van der Waals surface area contributed by atoms with E-state index in [-0.39, 0.29) is 35.6 Å². The standard InChI is InChI=1S/C18H22N4O3S.2ClH/c23-18(21-12-6-14-5-9-20-13-14)15-1-3-17(4-2-15)26(24,25)22-16-7-10-19-11-8-16;;/h1-4,7-8,10-11,14,20H,5-6,9,12-13H2,(H,19,22)(H,21,23);2*1H. The van der Waals surface area contributed by atoms with Crippen LogP contribution < -0.4 is 15.4 Å². The van der Waals surface area contributed by atoms with Gasteiger partial charge in [0.15, 0.2) is 0 Å². The van der Waals surface area contributed by atoms with Crippen molar-refractivity contribution in [2.75, 3.05) is 24.4 Å². The monoisotopic (exact) mass is 446 g/mol. The van der Waals surface area contributed by atoms with Gasteiger partial charge in [0.05, 0.1) is 10.6 Å². The molecular formula is C18H24Cl2N4O3S. The SMILES string of the molecule is Cl.Cl.O=C(NCCC1CCNC1)c1ccc(S(=O)(=O)Nc2ccncc2)cc1. The van der Waals surface area contributed by atoms with Crippen LogP contribution in [0.3, 0.4) is 0 Å². The fourth-order valence-electron chi connectivity index (χ4n) is 2.87. The highest BCUT2D eigenvalue weighted by Gasteiger charge is 2.16. The zero-order valence-corrected chi connectivity index (χ0v) is 17.6. The van der Waals surface area contributed by atoms with Gasteiger partial charge >= 0.3 is 0 Å². The zero-order valence-electron chi connectivity index (χ0n) is 15.1. The summed E-state index contributed by atoms with van der Waals surface area (Å²) in [6.45, 7) is 2.67. The number of halogens is 2. The van der Waals surface area contributed by atoms with E-state index in [1.165, 1.54) is 36.7 Å². The van der Waals surface area contributed by atoms with Crippen LogP contribution in [0, 0.1) is 5.92 Å². The van der Waals surface area contributed by atoms with E-state index >= 15 is 0 Å². The average molecular weight is 447 g/mol. The Labute approximate surface area is 177 Å². The molecule has 0 aliphatic carbocycles. The molecular weight excluding hydrogens is 423 g/mol. The van der Waals surface area contributed by atoms with Crippen LogP contribution in [0.1, 0.15) is 23.2 Å². The molecule has 1 unspecified atom stereocenters. The molecule has 28 heavy (non-hydrogen) atoms. The smallest absolute Gasteiger partial charge is 0.261 e. The molecule has 0 spiro atoms. The molecule has 1 aromatic carbocycles. The Kier molecular flexibility index (Phi) is 9.68. The molecule has 7 nitrogen and oxygen atoms in total. The fraction of sp³-hybridized carbons (Fsp3) is 0.333. The highest BCUT2D eigenvalue weighted by molar-refractivity contribution is 7.92. The number of hydrogen-bond donors (Lipinski definition) is 3. The highest BCUT2D eigenvalue weighted by Crippen LogP contribution is 2.16. The van der Waals surface area contributed by atoms with E-state index in [1.54, 1.807) is 12.1 Å². The van der Waals surface area contributed by atoms with E-state index in [4.69, 9.17) is 0 Å². The second-order valence-corrected chi connectivity index (χ2v) is 7.95. The first kappa shape index (κ1) is 24.2. The summed E-state index contributed by atoms with van der Waals surface area (Å²) in [6, 6.07) is 9.04. The van der Waals surface area contributed by atoms with Gasteiger partial charge in [-0.15, -0.1) is 24.8 Å². The summed E-state index contributed by atoms with van der Waals surface area (Å²) in [5.41, 5.74) is 0.876. The van der Waals surface area contributed by atoms with Gasteiger partial charge in [0.25, 0.3) is 15.9 Å². The first-order valence-electron chi connectivity index (χ1n) is 8.56. The zero-order chi connectivity index (χ0) is 18.4. The molecule has 154 valence electrons. The van der Waals surface area contributed by atoms with Gasteiger partial charge in [-0.25, -0.2) is 8.42 Å². The molecule has 10 heteroatoms. The van der Waals surface area contributed by atoms with Crippen molar-refractivity contribution >= 4 is 46.4 Å².